The number of piperazine rings is 1. The van der Waals surface area contributed by atoms with Crippen LogP contribution in [0, 0.1) is 18.6 Å². The molecule has 3 fully saturated rings. The molecule has 0 aliphatic carbocycles. The highest BCUT2D eigenvalue weighted by Gasteiger charge is 2.40. The second kappa shape index (κ2) is 11.1. The van der Waals surface area contributed by atoms with Crippen molar-refractivity contribution < 1.29 is 23.0 Å². The maximum atomic E-state index is 16.6. The minimum atomic E-state index is -0.852. The van der Waals surface area contributed by atoms with Crippen molar-refractivity contribution >= 4 is 34.0 Å². The third-order valence-corrected chi connectivity index (χ3v) is 9.90. The van der Waals surface area contributed by atoms with Gasteiger partial charge < -0.3 is 30.2 Å². The summed E-state index contributed by atoms with van der Waals surface area (Å²) in [5, 5.41) is 4.00. The van der Waals surface area contributed by atoms with Crippen LogP contribution in [-0.2, 0) is 4.74 Å². The summed E-state index contributed by atoms with van der Waals surface area (Å²) >= 11 is 6.19. The second-order valence-electron chi connectivity index (χ2n) is 12.0. The van der Waals surface area contributed by atoms with Crippen molar-refractivity contribution in [2.24, 2.45) is 0 Å². The number of anilines is 2. The molecule has 3 aromatic rings. The molecular formula is C30H36ClF2N7O3. The molecule has 0 bridgehead atoms. The summed E-state index contributed by atoms with van der Waals surface area (Å²) in [4.78, 5) is 18.6. The van der Waals surface area contributed by atoms with E-state index in [1.165, 1.54) is 6.07 Å². The summed E-state index contributed by atoms with van der Waals surface area (Å²) in [7, 11) is 0. The fourth-order valence-corrected chi connectivity index (χ4v) is 7.07. The lowest BCUT2D eigenvalue weighted by atomic mass is 10.0. The summed E-state index contributed by atoms with van der Waals surface area (Å²) < 4.78 is 50.3. The van der Waals surface area contributed by atoms with Crippen LogP contribution in [0.1, 0.15) is 38.7 Å². The number of rotatable bonds is 5. The number of aryl methyl sites for hydroxylation is 1. The molecule has 3 N–H and O–H groups in total. The lowest BCUT2D eigenvalue weighted by molar-refractivity contribution is -0.0101. The largest absolute Gasteiger partial charge is 0.472 e. The Labute approximate surface area is 253 Å². The first kappa shape index (κ1) is 28.7. The Morgan fingerprint density at radius 3 is 2.86 bits per heavy atom. The number of halogens is 3. The predicted octanol–water partition coefficient (Wildman–Crippen LogP) is 4.09. The zero-order valence-electron chi connectivity index (χ0n) is 24.5. The van der Waals surface area contributed by atoms with Gasteiger partial charge in [0.1, 0.15) is 35.1 Å². The highest BCUT2D eigenvalue weighted by atomic mass is 35.5. The monoisotopic (exact) mass is 615 g/mol. The summed E-state index contributed by atoms with van der Waals surface area (Å²) in [5.41, 5.74) is 5.77. The molecule has 7 rings (SSSR count). The van der Waals surface area contributed by atoms with Crippen molar-refractivity contribution in [2.45, 2.75) is 70.3 Å². The molecule has 0 radical (unpaired) electrons. The molecule has 13 heteroatoms. The van der Waals surface area contributed by atoms with Gasteiger partial charge in [-0.05, 0) is 44.7 Å². The number of fused-ring (bicyclic) bond motifs is 3. The average molecular weight is 616 g/mol. The Kier molecular flexibility index (Phi) is 7.43. The highest BCUT2D eigenvalue weighted by molar-refractivity contribution is 6.34. The molecule has 0 saturated carbocycles. The Morgan fingerprint density at radius 1 is 1.21 bits per heavy atom. The number of pyridine rings is 1. The van der Waals surface area contributed by atoms with Gasteiger partial charge in [-0.3, -0.25) is 4.90 Å². The number of hydrogen-bond acceptors (Lipinski definition) is 10. The van der Waals surface area contributed by atoms with Gasteiger partial charge in [0.05, 0.1) is 30.0 Å². The molecule has 2 unspecified atom stereocenters. The maximum Gasteiger partial charge on any atom is 0.319 e. The van der Waals surface area contributed by atoms with Crippen LogP contribution in [0.3, 0.4) is 0 Å². The third-order valence-electron chi connectivity index (χ3n) is 9.40. The van der Waals surface area contributed by atoms with E-state index < -0.39 is 11.6 Å². The quantitative estimate of drug-likeness (QED) is 0.407. The van der Waals surface area contributed by atoms with Gasteiger partial charge in [-0.2, -0.15) is 9.97 Å². The number of nitrogens with zero attached hydrogens (tertiary/aromatic N) is 5. The number of aromatic nitrogens is 3. The minimum Gasteiger partial charge on any atom is -0.472 e. The molecule has 1 aromatic carbocycles. The van der Waals surface area contributed by atoms with Crippen molar-refractivity contribution in [1.29, 1.82) is 0 Å². The molecule has 10 nitrogen and oxygen atoms in total. The van der Waals surface area contributed by atoms with Crippen LogP contribution in [0.15, 0.2) is 6.07 Å². The molecular weight excluding hydrogens is 580 g/mol. The summed E-state index contributed by atoms with van der Waals surface area (Å²) in [6.07, 6.45) is 2.58. The second-order valence-corrected chi connectivity index (χ2v) is 12.4. The van der Waals surface area contributed by atoms with Crippen molar-refractivity contribution in [3.05, 3.63) is 28.3 Å². The van der Waals surface area contributed by atoms with Gasteiger partial charge in [0.15, 0.2) is 11.6 Å². The van der Waals surface area contributed by atoms with E-state index in [-0.39, 0.29) is 63.6 Å². The topological polar surface area (TPSA) is 111 Å². The van der Waals surface area contributed by atoms with E-state index in [0.717, 1.165) is 32.4 Å². The van der Waals surface area contributed by atoms with Crippen molar-refractivity contribution in [1.82, 2.24) is 25.2 Å². The number of nitrogens with two attached hydrogens (primary N) is 1. The lowest BCUT2D eigenvalue weighted by Gasteiger charge is -2.42. The van der Waals surface area contributed by atoms with Crippen LogP contribution in [-0.4, -0.2) is 89.6 Å². The molecule has 0 spiro atoms. The van der Waals surface area contributed by atoms with Gasteiger partial charge in [-0.1, -0.05) is 18.5 Å². The first-order valence-corrected chi connectivity index (χ1v) is 15.4. The normalized spacial score (nSPS) is 27.0. The first-order chi connectivity index (χ1) is 20.7. The minimum absolute atomic E-state index is 0.0410. The first-order valence-electron chi connectivity index (χ1n) is 15.0. The van der Waals surface area contributed by atoms with Gasteiger partial charge in [-0.25, -0.2) is 13.8 Å². The van der Waals surface area contributed by atoms with Crippen LogP contribution >= 0.6 is 11.6 Å². The van der Waals surface area contributed by atoms with Crippen LogP contribution < -0.4 is 25.4 Å². The van der Waals surface area contributed by atoms with E-state index in [1.54, 1.807) is 6.92 Å². The van der Waals surface area contributed by atoms with Crippen LogP contribution in [0.2, 0.25) is 5.02 Å². The van der Waals surface area contributed by atoms with Gasteiger partial charge >= 0.3 is 6.01 Å². The van der Waals surface area contributed by atoms with Crippen LogP contribution in [0.4, 0.5) is 20.3 Å². The van der Waals surface area contributed by atoms with E-state index in [4.69, 9.17) is 36.5 Å². The summed E-state index contributed by atoms with van der Waals surface area (Å²) in [6, 6.07) is 2.18. The molecule has 0 amide bonds. The van der Waals surface area contributed by atoms with Gasteiger partial charge in [0, 0.05) is 43.3 Å². The predicted molar refractivity (Wildman–Crippen MR) is 160 cm³/mol. The molecule has 2 aromatic heterocycles. The number of morpholine rings is 1. The number of nitrogens with one attached hydrogen (secondary N) is 1. The van der Waals surface area contributed by atoms with Crippen LogP contribution in [0.25, 0.3) is 22.2 Å². The Morgan fingerprint density at radius 2 is 2.05 bits per heavy atom. The van der Waals surface area contributed by atoms with E-state index in [1.807, 2.05) is 6.92 Å². The van der Waals surface area contributed by atoms with Gasteiger partial charge in [0.25, 0.3) is 0 Å². The average Bonchev–Trinajstić information content (AvgIpc) is 3.39. The van der Waals surface area contributed by atoms with Crippen LogP contribution in [0.5, 0.6) is 11.9 Å². The molecule has 43 heavy (non-hydrogen) atoms. The molecule has 3 saturated heterocycles. The molecule has 4 aliphatic rings. The van der Waals surface area contributed by atoms with E-state index in [9.17, 15) is 0 Å². The maximum absolute atomic E-state index is 16.6. The van der Waals surface area contributed by atoms with E-state index >= 15 is 8.78 Å². The number of benzene rings is 1. The third kappa shape index (κ3) is 4.83. The fraction of sp³-hybridized carbons (Fsp3) is 0.567. The fourth-order valence-electron chi connectivity index (χ4n) is 6.93. The number of nitrogen functional groups attached to an aromatic ring is 1. The molecule has 4 aliphatic heterocycles. The Bertz CT molecular complexity index is 1580. The zero-order valence-corrected chi connectivity index (χ0v) is 25.3. The molecule has 230 valence electrons. The number of hydrogen-bond donors (Lipinski definition) is 2. The zero-order chi connectivity index (χ0) is 30.0. The summed E-state index contributed by atoms with van der Waals surface area (Å²) in [5.74, 6) is -1.02. The standard InChI is InChI=1S/C30H36ClF2N7O3/c1-4-16-11-40-20(10-35-16)15(3)43-29-21-27(24(33)26(36-29)19-9-14(2)22(31)25(34)23(19)32)37-30(38-28(21)40)42-13-18-6-5-17-12-41-8-7-39(17)18/h9,15-18,20,35H,4-8,10-13,34H2,1-3H3/t15?,16-,17+,18+,20?/m1/s1. The SMILES string of the molecule is CC[C@@H]1CN2c3nc(OC[C@@H]4CC[C@H]5COCCN54)nc4c(F)c(-c5cc(C)c(Cl)c(N)c5F)nc(c34)OC(C)C2CN1. The van der Waals surface area contributed by atoms with Gasteiger partial charge in [-0.15, -0.1) is 0 Å². The summed E-state index contributed by atoms with van der Waals surface area (Å²) in [6.45, 7) is 9.67. The molecule has 6 heterocycles. The van der Waals surface area contributed by atoms with E-state index in [0.29, 0.717) is 49.1 Å². The van der Waals surface area contributed by atoms with Crippen molar-refractivity contribution in [3.63, 3.8) is 0 Å². The van der Waals surface area contributed by atoms with Crippen molar-refractivity contribution in [3.8, 4) is 23.1 Å². The smallest absolute Gasteiger partial charge is 0.319 e. The number of ether oxygens (including phenoxy) is 3. The van der Waals surface area contributed by atoms with Gasteiger partial charge in [0.2, 0.25) is 5.88 Å². The Hall–Kier alpha value is -3.06. The lowest BCUT2D eigenvalue weighted by Crippen LogP contribution is -2.60. The van der Waals surface area contributed by atoms with E-state index in [2.05, 4.69) is 32.0 Å². The molecule has 5 atom stereocenters. The Balaban J connectivity index is 1.37. The van der Waals surface area contributed by atoms with Crippen molar-refractivity contribution in [2.75, 3.05) is 50.1 Å². The highest BCUT2D eigenvalue weighted by Crippen LogP contribution is 2.43.